The molecular formula is C14H17N3. The van der Waals surface area contributed by atoms with Crippen LogP contribution in [0.15, 0.2) is 54.9 Å². The average Bonchev–Trinajstić information content (AvgIpc) is 2.39. The number of hydrogen-bond acceptors (Lipinski definition) is 3. The molecule has 3 heteroatoms. The molecule has 88 valence electrons. The van der Waals surface area contributed by atoms with Crippen LogP contribution in [0, 0.1) is 0 Å². The second-order valence-corrected chi connectivity index (χ2v) is 4.69. The molecule has 0 spiro atoms. The zero-order valence-corrected chi connectivity index (χ0v) is 9.71. The first-order chi connectivity index (χ1) is 8.31. The molecule has 3 N–H and O–H groups in total. The van der Waals surface area contributed by atoms with Crippen molar-refractivity contribution in [2.75, 3.05) is 0 Å². The maximum atomic E-state index is 6.53. The van der Waals surface area contributed by atoms with Gasteiger partial charge in [-0.2, -0.15) is 0 Å². The summed E-state index contributed by atoms with van der Waals surface area (Å²) in [5, 5.41) is 2.02. The maximum absolute atomic E-state index is 6.53. The van der Waals surface area contributed by atoms with E-state index in [1.54, 1.807) is 0 Å². The number of nitrogens with two attached hydrogens (primary N) is 1. The van der Waals surface area contributed by atoms with Crippen molar-refractivity contribution in [2.24, 2.45) is 5.73 Å². The second kappa shape index (κ2) is 3.93. The first-order valence-corrected chi connectivity index (χ1v) is 6.03. The summed E-state index contributed by atoms with van der Waals surface area (Å²) in [5.41, 5.74) is 10.8. The number of hydrazine groups is 1. The van der Waals surface area contributed by atoms with E-state index in [0.29, 0.717) is 5.92 Å². The van der Waals surface area contributed by atoms with E-state index in [9.17, 15) is 0 Å². The van der Waals surface area contributed by atoms with E-state index < -0.39 is 0 Å². The Labute approximate surface area is 102 Å². The summed E-state index contributed by atoms with van der Waals surface area (Å²) in [5.74, 6) is 0.396. The number of hydrogen-bond donors (Lipinski definition) is 2. The number of rotatable bonds is 2. The van der Waals surface area contributed by atoms with Gasteiger partial charge >= 0.3 is 0 Å². The molecule has 0 saturated heterocycles. The van der Waals surface area contributed by atoms with Crippen molar-refractivity contribution in [2.45, 2.75) is 24.4 Å². The van der Waals surface area contributed by atoms with E-state index in [1.807, 2.05) is 35.6 Å². The molecule has 3 nitrogen and oxygen atoms in total. The van der Waals surface area contributed by atoms with E-state index >= 15 is 0 Å². The standard InChI is InChI=1S/C14H17N3/c15-14(17-11-5-4-10-16-17)9-8-13(14)12-6-2-1-3-7-12/h1-7,10-11,13,16H,8-9,15H2. The molecule has 1 aliphatic carbocycles. The summed E-state index contributed by atoms with van der Waals surface area (Å²) in [7, 11) is 0. The molecule has 2 atom stereocenters. The molecule has 2 aliphatic rings. The SMILES string of the molecule is NC1(N2C=CC=CN2)CCC1c1ccccc1. The summed E-state index contributed by atoms with van der Waals surface area (Å²) in [4.78, 5) is 0. The summed E-state index contributed by atoms with van der Waals surface area (Å²) in [6.07, 6.45) is 10.1. The molecule has 0 bridgehead atoms. The molecule has 0 amide bonds. The summed E-state index contributed by atoms with van der Waals surface area (Å²) >= 11 is 0. The highest BCUT2D eigenvalue weighted by molar-refractivity contribution is 5.28. The quantitative estimate of drug-likeness (QED) is 0.812. The van der Waals surface area contributed by atoms with Gasteiger partial charge in [-0.25, -0.2) is 0 Å². The Kier molecular flexibility index (Phi) is 2.41. The molecule has 2 unspecified atom stereocenters. The highest BCUT2D eigenvalue weighted by atomic mass is 15.6. The molecule has 0 aromatic heterocycles. The summed E-state index contributed by atoms with van der Waals surface area (Å²) in [6.45, 7) is 0. The third-order valence-electron chi connectivity index (χ3n) is 3.74. The van der Waals surface area contributed by atoms with Crippen LogP contribution in [0.2, 0.25) is 0 Å². The Morgan fingerprint density at radius 2 is 2.06 bits per heavy atom. The van der Waals surface area contributed by atoms with Crippen LogP contribution < -0.4 is 11.2 Å². The number of benzene rings is 1. The van der Waals surface area contributed by atoms with Crippen molar-refractivity contribution < 1.29 is 0 Å². The zero-order valence-electron chi connectivity index (χ0n) is 9.71. The molecule has 17 heavy (non-hydrogen) atoms. The predicted molar refractivity (Wildman–Crippen MR) is 68.6 cm³/mol. The van der Waals surface area contributed by atoms with Crippen LogP contribution in [0.3, 0.4) is 0 Å². The lowest BCUT2D eigenvalue weighted by atomic mass is 9.69. The van der Waals surface area contributed by atoms with E-state index in [1.165, 1.54) is 5.56 Å². The Bertz CT molecular complexity index is 452. The molecule has 3 rings (SSSR count). The number of nitrogens with one attached hydrogen (secondary N) is 1. The normalized spacial score (nSPS) is 30.9. The summed E-state index contributed by atoms with van der Waals surface area (Å²) < 4.78 is 0. The minimum absolute atomic E-state index is 0.303. The van der Waals surface area contributed by atoms with E-state index in [4.69, 9.17) is 5.73 Å². The van der Waals surface area contributed by atoms with Gasteiger partial charge in [0.1, 0.15) is 5.66 Å². The Morgan fingerprint density at radius 1 is 1.24 bits per heavy atom. The van der Waals surface area contributed by atoms with Crippen LogP contribution in [0.25, 0.3) is 0 Å². The van der Waals surface area contributed by atoms with Gasteiger partial charge in [-0.1, -0.05) is 30.3 Å². The lowest BCUT2D eigenvalue weighted by Crippen LogP contribution is -2.66. The molecule has 1 fully saturated rings. The lowest BCUT2D eigenvalue weighted by molar-refractivity contribution is 0.00752. The second-order valence-electron chi connectivity index (χ2n) is 4.69. The van der Waals surface area contributed by atoms with Crippen LogP contribution in [-0.2, 0) is 0 Å². The van der Waals surface area contributed by atoms with E-state index in [2.05, 4.69) is 29.7 Å². The fourth-order valence-corrected chi connectivity index (χ4v) is 2.63. The number of nitrogens with zero attached hydrogens (tertiary/aromatic N) is 1. The fourth-order valence-electron chi connectivity index (χ4n) is 2.63. The van der Waals surface area contributed by atoms with Crippen molar-refractivity contribution in [3.05, 3.63) is 60.4 Å². The monoisotopic (exact) mass is 227 g/mol. The van der Waals surface area contributed by atoms with Gasteiger partial charge in [0.15, 0.2) is 0 Å². The van der Waals surface area contributed by atoms with Crippen molar-refractivity contribution in [3.63, 3.8) is 0 Å². The van der Waals surface area contributed by atoms with Gasteiger partial charge in [0.2, 0.25) is 0 Å². The molecule has 0 radical (unpaired) electrons. The van der Waals surface area contributed by atoms with Gasteiger partial charge in [-0.3, -0.25) is 5.01 Å². The Morgan fingerprint density at radius 3 is 2.65 bits per heavy atom. The topological polar surface area (TPSA) is 41.3 Å². The van der Waals surface area contributed by atoms with Gasteiger partial charge in [-0.15, -0.1) is 0 Å². The van der Waals surface area contributed by atoms with Gasteiger partial charge in [0.05, 0.1) is 0 Å². The third-order valence-corrected chi connectivity index (χ3v) is 3.74. The van der Waals surface area contributed by atoms with Crippen molar-refractivity contribution in [3.8, 4) is 0 Å². The highest BCUT2D eigenvalue weighted by Gasteiger charge is 2.48. The lowest BCUT2D eigenvalue weighted by Gasteiger charge is -2.53. The van der Waals surface area contributed by atoms with Crippen LogP contribution in [0.4, 0.5) is 0 Å². The smallest absolute Gasteiger partial charge is 0.114 e. The van der Waals surface area contributed by atoms with Crippen LogP contribution in [0.5, 0.6) is 0 Å². The van der Waals surface area contributed by atoms with Crippen LogP contribution in [-0.4, -0.2) is 10.7 Å². The van der Waals surface area contributed by atoms with Gasteiger partial charge in [-0.05, 0) is 30.6 Å². The van der Waals surface area contributed by atoms with Crippen LogP contribution >= 0.6 is 0 Å². The Hall–Kier alpha value is -1.74. The van der Waals surface area contributed by atoms with Crippen molar-refractivity contribution in [1.29, 1.82) is 0 Å². The van der Waals surface area contributed by atoms with Gasteiger partial charge in [0, 0.05) is 18.3 Å². The van der Waals surface area contributed by atoms with Crippen LogP contribution in [0.1, 0.15) is 24.3 Å². The predicted octanol–water partition coefficient (Wildman–Crippen LogP) is 2.07. The molecule has 1 aliphatic heterocycles. The molecule has 1 saturated carbocycles. The number of allylic oxidation sites excluding steroid dienone is 2. The summed E-state index contributed by atoms with van der Waals surface area (Å²) in [6, 6.07) is 10.5. The molecular weight excluding hydrogens is 210 g/mol. The van der Waals surface area contributed by atoms with Crippen molar-refractivity contribution >= 4 is 0 Å². The maximum Gasteiger partial charge on any atom is 0.114 e. The van der Waals surface area contributed by atoms with Gasteiger partial charge in [0.25, 0.3) is 0 Å². The zero-order chi connectivity index (χ0) is 11.7. The van der Waals surface area contributed by atoms with E-state index in [-0.39, 0.29) is 5.66 Å². The minimum atomic E-state index is -0.303. The fraction of sp³-hybridized carbons (Fsp3) is 0.286. The molecule has 1 aromatic carbocycles. The van der Waals surface area contributed by atoms with Crippen molar-refractivity contribution in [1.82, 2.24) is 10.4 Å². The molecule has 1 aromatic rings. The minimum Gasteiger partial charge on any atom is -0.307 e. The molecule has 1 heterocycles. The van der Waals surface area contributed by atoms with Gasteiger partial charge < -0.3 is 11.2 Å². The first kappa shape index (κ1) is 10.4. The largest absolute Gasteiger partial charge is 0.307 e. The third kappa shape index (κ3) is 1.63. The average molecular weight is 227 g/mol. The first-order valence-electron chi connectivity index (χ1n) is 6.03. The highest BCUT2D eigenvalue weighted by Crippen LogP contribution is 2.45. The van der Waals surface area contributed by atoms with E-state index in [0.717, 1.165) is 12.8 Å². The Balaban J connectivity index is 1.84.